The predicted molar refractivity (Wildman–Crippen MR) is 92.7 cm³/mol. The first-order chi connectivity index (χ1) is 11.1. The molecule has 0 saturated heterocycles. The number of nitrogens with zero attached hydrogens (tertiary/aromatic N) is 1. The number of hydrogen-bond donors (Lipinski definition) is 3. The van der Waals surface area contributed by atoms with Gasteiger partial charge >= 0.3 is 6.03 Å². The average Bonchev–Trinajstić information content (AvgIpc) is 2.95. The number of rotatable bonds is 7. The standard InChI is InChI=1S/C17H23N3O2S/c1-12-6-3-4-7-14(12)15(21)10-19-17(22)18-9-5-8-16-20-13(2)11-23-16/h3-4,6-7,11,15,21H,5,8-10H2,1-2H3,(H2,18,19,22)/t15-/m1/s1. The zero-order chi connectivity index (χ0) is 16.7. The summed E-state index contributed by atoms with van der Waals surface area (Å²) < 4.78 is 0. The summed E-state index contributed by atoms with van der Waals surface area (Å²) in [7, 11) is 0. The minimum atomic E-state index is -0.694. The van der Waals surface area contributed by atoms with Crippen LogP contribution in [-0.2, 0) is 6.42 Å². The van der Waals surface area contributed by atoms with Gasteiger partial charge in [0.05, 0.1) is 11.1 Å². The van der Waals surface area contributed by atoms with Gasteiger partial charge in [0.15, 0.2) is 0 Å². The molecule has 1 aromatic heterocycles. The molecular weight excluding hydrogens is 310 g/mol. The van der Waals surface area contributed by atoms with Crippen LogP contribution in [0.2, 0.25) is 0 Å². The van der Waals surface area contributed by atoms with Crippen molar-refractivity contribution >= 4 is 17.4 Å². The molecule has 1 heterocycles. The second kappa shape index (κ2) is 8.64. The van der Waals surface area contributed by atoms with Gasteiger partial charge in [-0.15, -0.1) is 11.3 Å². The molecular formula is C17H23N3O2S. The maximum absolute atomic E-state index is 11.7. The molecule has 124 valence electrons. The van der Waals surface area contributed by atoms with Crippen molar-refractivity contribution in [2.24, 2.45) is 0 Å². The maximum Gasteiger partial charge on any atom is 0.314 e. The molecule has 1 aromatic carbocycles. The number of aromatic nitrogens is 1. The zero-order valence-corrected chi connectivity index (χ0v) is 14.3. The summed E-state index contributed by atoms with van der Waals surface area (Å²) in [5.74, 6) is 0. The summed E-state index contributed by atoms with van der Waals surface area (Å²) in [6, 6.07) is 7.36. The second-order valence-corrected chi connectivity index (χ2v) is 6.44. The summed E-state index contributed by atoms with van der Waals surface area (Å²) in [5.41, 5.74) is 2.90. The van der Waals surface area contributed by atoms with Gasteiger partial charge in [-0.05, 0) is 31.4 Å². The van der Waals surface area contributed by atoms with E-state index in [4.69, 9.17) is 0 Å². The minimum absolute atomic E-state index is 0.197. The van der Waals surface area contributed by atoms with E-state index in [-0.39, 0.29) is 12.6 Å². The highest BCUT2D eigenvalue weighted by Crippen LogP contribution is 2.16. The fourth-order valence-electron chi connectivity index (χ4n) is 2.28. The Morgan fingerprint density at radius 2 is 2.09 bits per heavy atom. The molecule has 6 heteroatoms. The number of benzene rings is 1. The van der Waals surface area contributed by atoms with Crippen LogP contribution in [0, 0.1) is 13.8 Å². The van der Waals surface area contributed by atoms with Crippen LogP contribution in [0.25, 0.3) is 0 Å². The highest BCUT2D eigenvalue weighted by atomic mass is 32.1. The van der Waals surface area contributed by atoms with Gasteiger partial charge in [-0.1, -0.05) is 24.3 Å². The Hall–Kier alpha value is -1.92. The van der Waals surface area contributed by atoms with Gasteiger partial charge in [-0.2, -0.15) is 0 Å². The molecule has 0 aliphatic rings. The van der Waals surface area contributed by atoms with Crippen molar-refractivity contribution in [2.75, 3.05) is 13.1 Å². The molecule has 0 fully saturated rings. The van der Waals surface area contributed by atoms with E-state index in [1.54, 1.807) is 11.3 Å². The molecule has 3 N–H and O–H groups in total. The van der Waals surface area contributed by atoms with Crippen LogP contribution in [-0.4, -0.2) is 29.2 Å². The van der Waals surface area contributed by atoms with Crippen LogP contribution in [0.15, 0.2) is 29.6 Å². The van der Waals surface area contributed by atoms with Crippen molar-refractivity contribution in [2.45, 2.75) is 32.8 Å². The topological polar surface area (TPSA) is 74.2 Å². The minimum Gasteiger partial charge on any atom is -0.387 e. The third-order valence-electron chi connectivity index (χ3n) is 3.52. The Kier molecular flexibility index (Phi) is 6.55. The maximum atomic E-state index is 11.7. The van der Waals surface area contributed by atoms with Gasteiger partial charge in [-0.25, -0.2) is 9.78 Å². The van der Waals surface area contributed by atoms with Crippen LogP contribution in [0.5, 0.6) is 0 Å². The van der Waals surface area contributed by atoms with Gasteiger partial charge in [0.2, 0.25) is 0 Å². The summed E-state index contributed by atoms with van der Waals surface area (Å²) in [4.78, 5) is 16.1. The van der Waals surface area contributed by atoms with Crippen LogP contribution >= 0.6 is 11.3 Å². The molecule has 0 spiro atoms. The molecule has 1 atom stereocenters. The molecule has 0 saturated carbocycles. The van der Waals surface area contributed by atoms with Crippen LogP contribution in [0.1, 0.15) is 34.4 Å². The van der Waals surface area contributed by atoms with Crippen molar-refractivity contribution in [1.82, 2.24) is 15.6 Å². The Morgan fingerprint density at radius 1 is 1.30 bits per heavy atom. The molecule has 23 heavy (non-hydrogen) atoms. The van der Waals surface area contributed by atoms with Crippen LogP contribution in [0.4, 0.5) is 4.79 Å². The average molecular weight is 333 g/mol. The van der Waals surface area contributed by atoms with E-state index in [2.05, 4.69) is 15.6 Å². The molecule has 0 radical (unpaired) electrons. The smallest absolute Gasteiger partial charge is 0.314 e. The molecule has 0 aliphatic carbocycles. The van der Waals surface area contributed by atoms with Gasteiger partial charge in [0, 0.05) is 30.6 Å². The Bertz CT molecular complexity index is 642. The largest absolute Gasteiger partial charge is 0.387 e. The number of aliphatic hydroxyl groups is 1. The number of aliphatic hydroxyl groups excluding tert-OH is 1. The van der Waals surface area contributed by atoms with Crippen molar-refractivity contribution in [3.8, 4) is 0 Å². The summed E-state index contributed by atoms with van der Waals surface area (Å²) in [5, 5.41) is 18.7. The zero-order valence-electron chi connectivity index (χ0n) is 13.5. The van der Waals surface area contributed by atoms with Crippen molar-refractivity contribution < 1.29 is 9.90 Å². The molecule has 5 nitrogen and oxygen atoms in total. The van der Waals surface area contributed by atoms with Gasteiger partial charge in [-0.3, -0.25) is 0 Å². The fraction of sp³-hybridized carbons (Fsp3) is 0.412. The van der Waals surface area contributed by atoms with Crippen molar-refractivity contribution in [1.29, 1.82) is 0 Å². The van der Waals surface area contributed by atoms with Crippen molar-refractivity contribution in [3.63, 3.8) is 0 Å². The lowest BCUT2D eigenvalue weighted by atomic mass is 10.0. The third kappa shape index (κ3) is 5.65. The van der Waals surface area contributed by atoms with E-state index >= 15 is 0 Å². The number of nitrogens with one attached hydrogen (secondary N) is 2. The van der Waals surface area contributed by atoms with E-state index in [0.717, 1.165) is 34.7 Å². The Labute approximate surface area is 140 Å². The number of carbonyl (C=O) groups excluding carboxylic acids is 1. The first kappa shape index (κ1) is 17.4. The van der Waals surface area contributed by atoms with Crippen LogP contribution < -0.4 is 10.6 Å². The number of carbonyl (C=O) groups is 1. The van der Waals surface area contributed by atoms with E-state index in [0.29, 0.717) is 6.54 Å². The number of urea groups is 1. The van der Waals surface area contributed by atoms with Crippen LogP contribution in [0.3, 0.4) is 0 Å². The van der Waals surface area contributed by atoms with E-state index in [1.165, 1.54) is 0 Å². The molecule has 0 aliphatic heterocycles. The third-order valence-corrected chi connectivity index (χ3v) is 4.55. The predicted octanol–water partition coefficient (Wildman–Crippen LogP) is 2.73. The Balaban J connectivity index is 1.64. The SMILES string of the molecule is Cc1csc(CCCNC(=O)NC[C@@H](O)c2ccccc2C)n1. The number of hydrogen-bond acceptors (Lipinski definition) is 4. The molecule has 2 amide bonds. The second-order valence-electron chi connectivity index (χ2n) is 5.50. The molecule has 2 aromatic rings. The summed E-state index contributed by atoms with van der Waals surface area (Å²) in [6.07, 6.45) is 1.02. The first-order valence-electron chi connectivity index (χ1n) is 7.72. The van der Waals surface area contributed by atoms with Gasteiger partial charge < -0.3 is 15.7 Å². The number of aryl methyl sites for hydroxylation is 3. The lowest BCUT2D eigenvalue weighted by molar-refractivity contribution is 0.172. The van der Waals surface area contributed by atoms with Gasteiger partial charge in [0.25, 0.3) is 0 Å². The summed E-state index contributed by atoms with van der Waals surface area (Å²) in [6.45, 7) is 4.71. The quantitative estimate of drug-likeness (QED) is 0.682. The lowest BCUT2D eigenvalue weighted by Gasteiger charge is -2.14. The molecule has 2 rings (SSSR count). The fourth-order valence-corrected chi connectivity index (χ4v) is 3.10. The normalized spacial score (nSPS) is 12.0. The monoisotopic (exact) mass is 333 g/mol. The highest BCUT2D eigenvalue weighted by molar-refractivity contribution is 7.09. The highest BCUT2D eigenvalue weighted by Gasteiger charge is 2.11. The molecule has 0 bridgehead atoms. The van der Waals surface area contributed by atoms with Crippen molar-refractivity contribution in [3.05, 3.63) is 51.5 Å². The lowest BCUT2D eigenvalue weighted by Crippen LogP contribution is -2.38. The number of thiazole rings is 1. The Morgan fingerprint density at radius 3 is 2.78 bits per heavy atom. The summed E-state index contributed by atoms with van der Waals surface area (Å²) >= 11 is 1.65. The van der Waals surface area contributed by atoms with E-state index < -0.39 is 6.10 Å². The van der Waals surface area contributed by atoms with E-state index in [9.17, 15) is 9.90 Å². The van der Waals surface area contributed by atoms with Gasteiger partial charge in [0.1, 0.15) is 0 Å². The number of amides is 2. The first-order valence-corrected chi connectivity index (χ1v) is 8.60. The van der Waals surface area contributed by atoms with E-state index in [1.807, 2.05) is 43.5 Å². The molecule has 0 unspecified atom stereocenters.